The molecule has 3 aromatic carbocycles. The lowest BCUT2D eigenvalue weighted by Gasteiger charge is -2.22. The van der Waals surface area contributed by atoms with E-state index in [0.717, 1.165) is 11.6 Å². The van der Waals surface area contributed by atoms with E-state index >= 15 is 0 Å². The first kappa shape index (κ1) is 24.2. The van der Waals surface area contributed by atoms with E-state index in [0.29, 0.717) is 41.5 Å². The Labute approximate surface area is 206 Å². The van der Waals surface area contributed by atoms with E-state index < -0.39 is 36.1 Å². The largest absolute Gasteiger partial charge is 0.387 e. The summed E-state index contributed by atoms with van der Waals surface area (Å²) in [6.45, 7) is 0.111. The van der Waals surface area contributed by atoms with Crippen molar-refractivity contribution in [2.45, 2.75) is 37.8 Å². The van der Waals surface area contributed by atoms with E-state index in [1.807, 2.05) is 12.1 Å². The smallest absolute Gasteiger partial charge is 0.261 e. The number of aliphatic hydroxyl groups is 2. The third-order valence-corrected chi connectivity index (χ3v) is 6.95. The molecule has 6 nitrogen and oxygen atoms in total. The molecule has 0 unspecified atom stereocenters. The van der Waals surface area contributed by atoms with Crippen LogP contribution in [0.5, 0.6) is 0 Å². The number of rotatable bonds is 7. The molecule has 2 aliphatic rings. The number of hydrogen-bond acceptors (Lipinski definition) is 5. The molecule has 0 bridgehead atoms. The van der Waals surface area contributed by atoms with Gasteiger partial charge in [0.1, 0.15) is 17.7 Å². The lowest BCUT2D eigenvalue weighted by molar-refractivity contribution is -0.127. The number of hydrogen-bond donors (Lipinski definition) is 2. The van der Waals surface area contributed by atoms with Gasteiger partial charge in [0.15, 0.2) is 6.29 Å². The Balaban J connectivity index is 1.22. The molecule has 1 saturated heterocycles. The highest BCUT2D eigenvalue weighted by molar-refractivity contribution is 6.21. The van der Waals surface area contributed by atoms with Crippen LogP contribution in [0.3, 0.4) is 0 Å². The normalized spacial score (nSPS) is 23.4. The summed E-state index contributed by atoms with van der Waals surface area (Å²) in [5.41, 5.74) is 2.81. The number of amides is 2. The molecular weight excluding hydrogens is 468 g/mol. The standard InChI is InChI=1S/C28H25F2NO5/c29-19-13-18(14-20(30)15-19)17-8-5-16(6-9-17)7-10-24-23(25(32)28(35)36-24)11-12-31-26(33)21-3-1-2-4-22(21)27(31)34/h1-6,8-9,13-15,23-25,28,32,35H,7,10-12H2/t23-,24+,25-,28+/m0/s1. The highest BCUT2D eigenvalue weighted by Crippen LogP contribution is 2.33. The van der Waals surface area contributed by atoms with Crippen molar-refractivity contribution in [3.05, 3.63) is 95.1 Å². The van der Waals surface area contributed by atoms with Crippen molar-refractivity contribution in [1.29, 1.82) is 0 Å². The molecule has 2 heterocycles. The van der Waals surface area contributed by atoms with Crippen LogP contribution in [0.2, 0.25) is 0 Å². The first-order valence-electron chi connectivity index (χ1n) is 11.8. The predicted molar refractivity (Wildman–Crippen MR) is 127 cm³/mol. The third-order valence-electron chi connectivity index (χ3n) is 6.95. The Bertz CT molecular complexity index is 1240. The van der Waals surface area contributed by atoms with Crippen molar-refractivity contribution < 1.29 is 33.3 Å². The first-order chi connectivity index (χ1) is 17.3. The zero-order valence-corrected chi connectivity index (χ0v) is 19.3. The molecule has 186 valence electrons. The molecule has 8 heteroatoms. The Morgan fingerprint density at radius 3 is 2.03 bits per heavy atom. The van der Waals surface area contributed by atoms with Gasteiger partial charge in [-0.15, -0.1) is 0 Å². The van der Waals surface area contributed by atoms with Gasteiger partial charge in [-0.1, -0.05) is 36.4 Å². The summed E-state index contributed by atoms with van der Waals surface area (Å²) in [6, 6.07) is 17.3. The fourth-order valence-corrected chi connectivity index (χ4v) is 5.04. The Morgan fingerprint density at radius 2 is 1.42 bits per heavy atom. The lowest BCUT2D eigenvalue weighted by atomic mass is 9.90. The maximum atomic E-state index is 13.5. The number of halogens is 2. The second kappa shape index (κ2) is 9.89. The second-order valence-electron chi connectivity index (χ2n) is 9.21. The maximum absolute atomic E-state index is 13.5. The number of ether oxygens (including phenoxy) is 1. The Morgan fingerprint density at radius 1 is 0.806 bits per heavy atom. The summed E-state index contributed by atoms with van der Waals surface area (Å²) in [4.78, 5) is 26.4. The van der Waals surface area contributed by atoms with Crippen molar-refractivity contribution in [3.8, 4) is 11.1 Å². The summed E-state index contributed by atoms with van der Waals surface area (Å²) in [5.74, 6) is -2.47. The number of carbonyl (C=O) groups is 2. The van der Waals surface area contributed by atoms with Crippen molar-refractivity contribution in [1.82, 2.24) is 4.90 Å². The zero-order chi connectivity index (χ0) is 25.4. The van der Waals surface area contributed by atoms with Gasteiger partial charge in [-0.25, -0.2) is 8.78 Å². The third kappa shape index (κ3) is 4.67. The van der Waals surface area contributed by atoms with Crippen molar-refractivity contribution in [3.63, 3.8) is 0 Å². The minimum Gasteiger partial charge on any atom is -0.387 e. The molecular formula is C28H25F2NO5. The van der Waals surface area contributed by atoms with Crippen LogP contribution in [0.4, 0.5) is 8.78 Å². The van der Waals surface area contributed by atoms with Gasteiger partial charge in [-0.05, 0) is 60.2 Å². The van der Waals surface area contributed by atoms with E-state index in [1.54, 1.807) is 36.4 Å². The van der Waals surface area contributed by atoms with E-state index in [4.69, 9.17) is 4.74 Å². The van der Waals surface area contributed by atoms with Gasteiger partial charge < -0.3 is 14.9 Å². The number of imide groups is 1. The summed E-state index contributed by atoms with van der Waals surface area (Å²) < 4.78 is 32.6. The predicted octanol–water partition coefficient (Wildman–Crippen LogP) is 3.95. The highest BCUT2D eigenvalue weighted by atomic mass is 19.1. The van der Waals surface area contributed by atoms with Crippen molar-refractivity contribution in [2.24, 2.45) is 5.92 Å². The van der Waals surface area contributed by atoms with Gasteiger partial charge in [0.25, 0.3) is 11.8 Å². The lowest BCUT2D eigenvalue weighted by Crippen LogP contribution is -2.35. The van der Waals surface area contributed by atoms with Crippen LogP contribution >= 0.6 is 0 Å². The molecule has 0 saturated carbocycles. The summed E-state index contributed by atoms with van der Waals surface area (Å²) in [6.07, 6.45) is -1.58. The first-order valence-corrected chi connectivity index (χ1v) is 11.8. The molecule has 2 amide bonds. The quantitative estimate of drug-likeness (QED) is 0.487. The van der Waals surface area contributed by atoms with Crippen LogP contribution in [-0.2, 0) is 11.2 Å². The van der Waals surface area contributed by atoms with Gasteiger partial charge >= 0.3 is 0 Å². The zero-order valence-electron chi connectivity index (χ0n) is 19.3. The second-order valence-corrected chi connectivity index (χ2v) is 9.21. The highest BCUT2D eigenvalue weighted by Gasteiger charge is 2.43. The SMILES string of the molecule is O=C1c2ccccc2C(=O)N1CC[C@@H]1[C@H](O)[C@H](O)O[C@@H]1CCc1ccc(-c2cc(F)cc(F)c2)cc1. The molecule has 0 aliphatic carbocycles. The molecule has 2 N–H and O–H groups in total. The average Bonchev–Trinajstić information content (AvgIpc) is 3.28. The van der Waals surface area contributed by atoms with Crippen molar-refractivity contribution >= 4 is 11.8 Å². The number of aryl methyl sites for hydroxylation is 1. The van der Waals surface area contributed by atoms with Gasteiger partial charge in [-0.2, -0.15) is 0 Å². The summed E-state index contributed by atoms with van der Waals surface area (Å²) >= 11 is 0. The van der Waals surface area contributed by atoms with Crippen LogP contribution in [0.25, 0.3) is 11.1 Å². The molecule has 1 fully saturated rings. The Hall–Kier alpha value is -3.46. The number of carbonyl (C=O) groups excluding carboxylic acids is 2. The van der Waals surface area contributed by atoms with E-state index in [2.05, 4.69) is 0 Å². The maximum Gasteiger partial charge on any atom is 0.261 e. The molecule has 4 atom stereocenters. The molecule has 0 spiro atoms. The minimum atomic E-state index is -1.34. The van der Waals surface area contributed by atoms with Crippen LogP contribution < -0.4 is 0 Å². The van der Waals surface area contributed by atoms with Gasteiger partial charge in [0.2, 0.25) is 0 Å². The van der Waals surface area contributed by atoms with Gasteiger partial charge in [0.05, 0.1) is 17.2 Å². The molecule has 2 aliphatic heterocycles. The fraction of sp³-hybridized carbons (Fsp3) is 0.286. The summed E-state index contributed by atoms with van der Waals surface area (Å²) in [5, 5.41) is 20.6. The number of nitrogens with zero attached hydrogens (tertiary/aromatic N) is 1. The van der Waals surface area contributed by atoms with E-state index in [9.17, 15) is 28.6 Å². The van der Waals surface area contributed by atoms with Gasteiger partial charge in [0, 0.05) is 18.5 Å². The van der Waals surface area contributed by atoms with Crippen LogP contribution in [0.1, 0.15) is 39.1 Å². The molecule has 3 aromatic rings. The molecule has 0 aromatic heterocycles. The monoisotopic (exact) mass is 493 g/mol. The Kier molecular flexibility index (Phi) is 6.66. The number of benzene rings is 3. The summed E-state index contributed by atoms with van der Waals surface area (Å²) in [7, 11) is 0. The molecule has 36 heavy (non-hydrogen) atoms. The number of aliphatic hydroxyl groups excluding tert-OH is 2. The van der Waals surface area contributed by atoms with Gasteiger partial charge in [-0.3, -0.25) is 14.5 Å². The topological polar surface area (TPSA) is 87.1 Å². The van der Waals surface area contributed by atoms with Crippen molar-refractivity contribution in [2.75, 3.05) is 6.54 Å². The van der Waals surface area contributed by atoms with Crippen LogP contribution in [-0.4, -0.2) is 52.0 Å². The molecule has 5 rings (SSSR count). The van der Waals surface area contributed by atoms with Crippen LogP contribution in [0.15, 0.2) is 66.7 Å². The van der Waals surface area contributed by atoms with E-state index in [1.165, 1.54) is 17.0 Å². The molecule has 0 radical (unpaired) electrons. The fourth-order valence-electron chi connectivity index (χ4n) is 5.04. The van der Waals surface area contributed by atoms with Crippen LogP contribution in [0, 0.1) is 17.6 Å². The number of fused-ring (bicyclic) bond motifs is 1. The average molecular weight is 494 g/mol. The van der Waals surface area contributed by atoms with E-state index in [-0.39, 0.29) is 18.4 Å². The minimum absolute atomic E-state index is 0.111.